The number of fused-ring (bicyclic) bond motifs is 1. The molecule has 0 spiro atoms. The Hall–Kier alpha value is -4.17. The van der Waals surface area contributed by atoms with E-state index in [1.807, 2.05) is 12.1 Å². The Bertz CT molecular complexity index is 1420. The van der Waals surface area contributed by atoms with Gasteiger partial charge in [-0.1, -0.05) is 23.7 Å². The van der Waals surface area contributed by atoms with Crippen LogP contribution in [0.4, 0.5) is 11.4 Å². The molecule has 0 radical (unpaired) electrons. The maximum Gasteiger partial charge on any atom is 0.252 e. The second kappa shape index (κ2) is 10.2. The van der Waals surface area contributed by atoms with E-state index in [-0.39, 0.29) is 5.91 Å². The Morgan fingerprint density at radius 3 is 2.67 bits per heavy atom. The van der Waals surface area contributed by atoms with Gasteiger partial charge in [0, 0.05) is 65.0 Å². The molecule has 1 aliphatic rings. The van der Waals surface area contributed by atoms with Gasteiger partial charge in [0.05, 0.1) is 5.02 Å². The van der Waals surface area contributed by atoms with Crippen molar-refractivity contribution in [2.75, 3.05) is 16.8 Å². The van der Waals surface area contributed by atoms with E-state index in [0.29, 0.717) is 34.8 Å². The number of anilines is 2. The Balaban J connectivity index is 1.34. The number of piperidine rings is 1. The first kappa shape index (κ1) is 23.6. The van der Waals surface area contributed by atoms with Crippen molar-refractivity contribution in [3.05, 3.63) is 89.3 Å². The maximum absolute atomic E-state index is 13.3. The van der Waals surface area contributed by atoms with Gasteiger partial charge < -0.3 is 20.5 Å². The SMILES string of the molecule is O=C(NC(C(=O)Nc1ccc(N2CCCCC2=O)cc1)c1cccnc1)c1ccc2c(Cl)c[nH]c2c1. The first-order chi connectivity index (χ1) is 17.5. The van der Waals surface area contributed by atoms with Crippen molar-refractivity contribution in [2.24, 2.45) is 0 Å². The standard InChI is InChI=1S/C27H24ClN5O3/c28-22-16-30-23-14-17(6-11-21(22)23)26(35)32-25(18-4-3-12-29-15-18)27(36)31-19-7-9-20(10-8-19)33-13-2-1-5-24(33)34/h3-4,6-12,14-16,25,30H,1-2,5,13H2,(H,31,36)(H,32,35). The van der Waals surface area contributed by atoms with E-state index >= 15 is 0 Å². The number of benzene rings is 2. The molecule has 3 heterocycles. The zero-order valence-electron chi connectivity index (χ0n) is 19.3. The van der Waals surface area contributed by atoms with Crippen molar-refractivity contribution in [3.8, 4) is 0 Å². The van der Waals surface area contributed by atoms with Crippen LogP contribution in [0.25, 0.3) is 10.9 Å². The predicted octanol–water partition coefficient (Wildman–Crippen LogP) is 4.84. The number of halogens is 1. The van der Waals surface area contributed by atoms with Crippen LogP contribution in [-0.2, 0) is 9.59 Å². The van der Waals surface area contributed by atoms with Crippen LogP contribution < -0.4 is 15.5 Å². The lowest BCUT2D eigenvalue weighted by Gasteiger charge is -2.27. The van der Waals surface area contributed by atoms with E-state index in [9.17, 15) is 14.4 Å². The van der Waals surface area contributed by atoms with Crippen LogP contribution in [0.2, 0.25) is 5.02 Å². The molecule has 1 fully saturated rings. The highest BCUT2D eigenvalue weighted by Gasteiger charge is 2.25. The molecule has 3 N–H and O–H groups in total. The third-order valence-electron chi connectivity index (χ3n) is 6.22. The maximum atomic E-state index is 13.3. The van der Waals surface area contributed by atoms with Crippen LogP contribution in [0, 0.1) is 0 Å². The van der Waals surface area contributed by atoms with Crippen molar-refractivity contribution in [1.29, 1.82) is 0 Å². The Labute approximate surface area is 212 Å². The van der Waals surface area contributed by atoms with Gasteiger partial charge in [-0.15, -0.1) is 0 Å². The fourth-order valence-electron chi connectivity index (χ4n) is 4.31. The molecule has 0 bridgehead atoms. The quantitative estimate of drug-likeness (QED) is 0.351. The van der Waals surface area contributed by atoms with Crippen LogP contribution in [0.1, 0.15) is 41.2 Å². The molecular formula is C27H24ClN5O3. The Morgan fingerprint density at radius 2 is 1.92 bits per heavy atom. The van der Waals surface area contributed by atoms with Crippen LogP contribution in [0.15, 0.2) is 73.2 Å². The molecule has 9 heteroatoms. The number of carbonyl (C=O) groups is 3. The number of carbonyl (C=O) groups excluding carboxylic acids is 3. The van der Waals surface area contributed by atoms with Crippen LogP contribution in [-0.4, -0.2) is 34.2 Å². The zero-order chi connectivity index (χ0) is 25.1. The van der Waals surface area contributed by atoms with E-state index in [4.69, 9.17) is 11.6 Å². The van der Waals surface area contributed by atoms with Crippen LogP contribution in [0.3, 0.4) is 0 Å². The minimum absolute atomic E-state index is 0.109. The van der Waals surface area contributed by atoms with E-state index in [1.54, 1.807) is 66.0 Å². The number of pyridine rings is 1. The molecule has 4 aromatic rings. The molecule has 0 saturated carbocycles. The number of hydrogen-bond acceptors (Lipinski definition) is 4. The third-order valence-corrected chi connectivity index (χ3v) is 6.53. The van der Waals surface area contributed by atoms with Crippen molar-refractivity contribution >= 4 is 51.6 Å². The third kappa shape index (κ3) is 4.94. The molecule has 1 atom stereocenters. The van der Waals surface area contributed by atoms with Crippen molar-refractivity contribution in [1.82, 2.24) is 15.3 Å². The Morgan fingerprint density at radius 1 is 1.08 bits per heavy atom. The first-order valence-corrected chi connectivity index (χ1v) is 12.1. The van der Waals surface area contributed by atoms with Crippen molar-refractivity contribution < 1.29 is 14.4 Å². The number of aromatic amines is 1. The smallest absolute Gasteiger partial charge is 0.252 e. The number of nitrogens with zero attached hydrogens (tertiary/aromatic N) is 2. The monoisotopic (exact) mass is 501 g/mol. The fraction of sp³-hybridized carbons (Fsp3) is 0.185. The normalized spacial score (nSPS) is 14.5. The first-order valence-electron chi connectivity index (χ1n) is 11.7. The summed E-state index contributed by atoms with van der Waals surface area (Å²) in [6.07, 6.45) is 7.24. The number of amides is 3. The summed E-state index contributed by atoms with van der Waals surface area (Å²) in [5.41, 5.74) is 3.01. The van der Waals surface area contributed by atoms with Crippen molar-refractivity contribution in [3.63, 3.8) is 0 Å². The van der Waals surface area contributed by atoms with Crippen LogP contribution in [0.5, 0.6) is 0 Å². The average molecular weight is 502 g/mol. The summed E-state index contributed by atoms with van der Waals surface area (Å²) in [6.45, 7) is 0.695. The molecule has 8 nitrogen and oxygen atoms in total. The number of aromatic nitrogens is 2. The average Bonchev–Trinajstić information content (AvgIpc) is 3.28. The minimum atomic E-state index is -0.975. The highest BCUT2D eigenvalue weighted by molar-refractivity contribution is 6.35. The topological polar surface area (TPSA) is 107 Å². The van der Waals surface area contributed by atoms with Gasteiger partial charge in [-0.25, -0.2) is 0 Å². The van der Waals surface area contributed by atoms with Gasteiger partial charge in [0.15, 0.2) is 0 Å². The molecule has 0 aliphatic carbocycles. The molecule has 1 saturated heterocycles. The van der Waals surface area contributed by atoms with Gasteiger partial charge >= 0.3 is 0 Å². The highest BCUT2D eigenvalue weighted by Crippen LogP contribution is 2.25. The fourth-order valence-corrected chi connectivity index (χ4v) is 4.53. The lowest BCUT2D eigenvalue weighted by molar-refractivity contribution is -0.119. The summed E-state index contributed by atoms with van der Waals surface area (Å²) in [6, 6.07) is 14.7. The molecule has 36 heavy (non-hydrogen) atoms. The van der Waals surface area contributed by atoms with Gasteiger partial charge in [-0.05, 0) is 55.3 Å². The molecule has 1 unspecified atom stereocenters. The summed E-state index contributed by atoms with van der Waals surface area (Å²) in [4.78, 5) is 47.5. The molecule has 3 amide bonds. The highest BCUT2D eigenvalue weighted by atomic mass is 35.5. The molecule has 2 aromatic carbocycles. The number of H-pyrrole nitrogens is 1. The summed E-state index contributed by atoms with van der Waals surface area (Å²) in [5.74, 6) is -0.718. The van der Waals surface area contributed by atoms with E-state index < -0.39 is 17.9 Å². The minimum Gasteiger partial charge on any atom is -0.360 e. The number of rotatable bonds is 6. The number of nitrogens with one attached hydrogen (secondary N) is 3. The van der Waals surface area contributed by atoms with Gasteiger partial charge in [0.2, 0.25) is 5.91 Å². The summed E-state index contributed by atoms with van der Waals surface area (Å²) in [5, 5.41) is 7.06. The van der Waals surface area contributed by atoms with Gasteiger partial charge in [0.25, 0.3) is 11.8 Å². The second-order valence-electron chi connectivity index (χ2n) is 8.63. The van der Waals surface area contributed by atoms with Gasteiger partial charge in [-0.3, -0.25) is 19.4 Å². The van der Waals surface area contributed by atoms with Crippen molar-refractivity contribution in [2.45, 2.75) is 25.3 Å². The zero-order valence-corrected chi connectivity index (χ0v) is 20.1. The summed E-state index contributed by atoms with van der Waals surface area (Å²) in [7, 11) is 0. The molecule has 182 valence electrons. The largest absolute Gasteiger partial charge is 0.360 e. The summed E-state index contributed by atoms with van der Waals surface area (Å²) >= 11 is 6.14. The van der Waals surface area contributed by atoms with Gasteiger partial charge in [0.1, 0.15) is 6.04 Å². The van der Waals surface area contributed by atoms with Gasteiger partial charge in [-0.2, -0.15) is 0 Å². The number of hydrogen-bond donors (Lipinski definition) is 3. The molecule has 1 aliphatic heterocycles. The predicted molar refractivity (Wildman–Crippen MR) is 139 cm³/mol. The molecule has 5 rings (SSSR count). The molecule has 2 aromatic heterocycles. The Kier molecular flexibility index (Phi) is 6.69. The van der Waals surface area contributed by atoms with E-state index in [0.717, 1.165) is 29.4 Å². The van der Waals surface area contributed by atoms with E-state index in [2.05, 4.69) is 20.6 Å². The second-order valence-corrected chi connectivity index (χ2v) is 9.04. The lowest BCUT2D eigenvalue weighted by Crippen LogP contribution is -2.37. The molecular weight excluding hydrogens is 478 g/mol. The lowest BCUT2D eigenvalue weighted by atomic mass is 10.1. The van der Waals surface area contributed by atoms with E-state index in [1.165, 1.54) is 0 Å². The summed E-state index contributed by atoms with van der Waals surface area (Å²) < 4.78 is 0. The van der Waals surface area contributed by atoms with Crippen LogP contribution >= 0.6 is 11.6 Å².